The molecular formula is C12H13N3O2S2. The van der Waals surface area contributed by atoms with Gasteiger partial charge in [0.05, 0.1) is 18.4 Å². The van der Waals surface area contributed by atoms with Gasteiger partial charge in [0, 0.05) is 18.4 Å². The minimum absolute atomic E-state index is 0.366. The SMILES string of the molecule is CCc1nsc(SCc2ncccc2C(=O)OC)n1. The number of aromatic nitrogens is 3. The molecule has 2 aromatic heterocycles. The van der Waals surface area contributed by atoms with E-state index in [-0.39, 0.29) is 5.97 Å². The lowest BCUT2D eigenvalue weighted by molar-refractivity contribution is 0.0599. The Labute approximate surface area is 119 Å². The fourth-order valence-electron chi connectivity index (χ4n) is 1.42. The highest BCUT2D eigenvalue weighted by Gasteiger charge is 2.13. The quantitative estimate of drug-likeness (QED) is 0.624. The molecule has 0 unspecified atom stereocenters. The van der Waals surface area contributed by atoms with Gasteiger partial charge in [0.25, 0.3) is 0 Å². The fraction of sp³-hybridized carbons (Fsp3) is 0.333. The molecule has 19 heavy (non-hydrogen) atoms. The van der Waals surface area contributed by atoms with Crippen LogP contribution < -0.4 is 0 Å². The van der Waals surface area contributed by atoms with Gasteiger partial charge < -0.3 is 4.74 Å². The minimum atomic E-state index is -0.366. The van der Waals surface area contributed by atoms with Crippen LogP contribution in [0.5, 0.6) is 0 Å². The van der Waals surface area contributed by atoms with Crippen LogP contribution in [0.3, 0.4) is 0 Å². The van der Waals surface area contributed by atoms with Crippen molar-refractivity contribution in [1.29, 1.82) is 0 Å². The summed E-state index contributed by atoms with van der Waals surface area (Å²) in [7, 11) is 1.37. The van der Waals surface area contributed by atoms with E-state index in [4.69, 9.17) is 4.74 Å². The molecule has 0 radical (unpaired) electrons. The van der Waals surface area contributed by atoms with Gasteiger partial charge in [-0.25, -0.2) is 9.78 Å². The van der Waals surface area contributed by atoms with Crippen molar-refractivity contribution in [3.63, 3.8) is 0 Å². The lowest BCUT2D eigenvalue weighted by Gasteiger charge is -2.04. The number of thioether (sulfide) groups is 1. The van der Waals surface area contributed by atoms with Crippen molar-refractivity contribution in [2.75, 3.05) is 7.11 Å². The minimum Gasteiger partial charge on any atom is -0.465 e. The number of rotatable bonds is 5. The van der Waals surface area contributed by atoms with Crippen LogP contribution in [0.25, 0.3) is 0 Å². The van der Waals surface area contributed by atoms with Crippen LogP contribution >= 0.6 is 23.3 Å². The molecule has 100 valence electrons. The highest BCUT2D eigenvalue weighted by atomic mass is 32.2. The number of nitrogens with zero attached hydrogens (tertiary/aromatic N) is 3. The Morgan fingerprint density at radius 2 is 2.37 bits per heavy atom. The van der Waals surface area contributed by atoms with Crippen molar-refractivity contribution in [2.45, 2.75) is 23.4 Å². The first-order valence-corrected chi connectivity index (χ1v) is 7.48. The summed E-state index contributed by atoms with van der Waals surface area (Å²) in [5.41, 5.74) is 1.20. The predicted octanol–water partition coefficient (Wildman–Crippen LogP) is 2.57. The Bertz CT molecular complexity index is 572. The van der Waals surface area contributed by atoms with Crippen LogP contribution in [0.15, 0.2) is 22.7 Å². The molecule has 0 aromatic carbocycles. The average molecular weight is 295 g/mol. The second-order valence-corrected chi connectivity index (χ2v) is 5.58. The maximum absolute atomic E-state index is 11.6. The topological polar surface area (TPSA) is 65.0 Å². The van der Waals surface area contributed by atoms with Crippen LogP contribution in [0.1, 0.15) is 28.8 Å². The molecule has 7 heteroatoms. The summed E-state index contributed by atoms with van der Waals surface area (Å²) in [5.74, 6) is 1.06. The van der Waals surface area contributed by atoms with Gasteiger partial charge >= 0.3 is 5.97 Å². The van der Waals surface area contributed by atoms with E-state index in [0.717, 1.165) is 16.6 Å². The van der Waals surface area contributed by atoms with Gasteiger partial charge in [0.1, 0.15) is 5.82 Å². The van der Waals surface area contributed by atoms with Crippen molar-refractivity contribution in [3.8, 4) is 0 Å². The summed E-state index contributed by atoms with van der Waals surface area (Å²) in [6, 6.07) is 3.44. The highest BCUT2D eigenvalue weighted by Crippen LogP contribution is 2.25. The lowest BCUT2D eigenvalue weighted by Crippen LogP contribution is -2.06. The molecule has 2 aromatic rings. The Morgan fingerprint density at radius 1 is 1.53 bits per heavy atom. The number of esters is 1. The highest BCUT2D eigenvalue weighted by molar-refractivity contribution is 8.00. The number of carbonyl (C=O) groups excluding carboxylic acids is 1. The van der Waals surface area contributed by atoms with Crippen LogP contribution in [-0.4, -0.2) is 27.4 Å². The summed E-state index contributed by atoms with van der Waals surface area (Å²) >= 11 is 2.90. The molecule has 2 heterocycles. The van der Waals surface area contributed by atoms with E-state index >= 15 is 0 Å². The Balaban J connectivity index is 2.08. The van der Waals surface area contributed by atoms with E-state index in [1.807, 2.05) is 6.92 Å². The Kier molecular flexibility index (Phi) is 4.86. The van der Waals surface area contributed by atoms with Gasteiger partial charge in [0.2, 0.25) is 0 Å². The number of methoxy groups -OCH3 is 1. The normalized spacial score (nSPS) is 10.4. The first-order valence-electron chi connectivity index (χ1n) is 5.72. The van der Waals surface area contributed by atoms with E-state index < -0.39 is 0 Å². The number of pyridine rings is 1. The standard InChI is InChI=1S/C12H13N3O2S2/c1-3-10-14-12(19-15-10)18-7-9-8(11(16)17-2)5-4-6-13-9/h4-6H,3,7H2,1-2H3. The summed E-state index contributed by atoms with van der Waals surface area (Å²) < 4.78 is 9.84. The van der Waals surface area contributed by atoms with Gasteiger partial charge in [-0.3, -0.25) is 4.98 Å². The summed E-state index contributed by atoms with van der Waals surface area (Å²) in [6.07, 6.45) is 2.49. The van der Waals surface area contributed by atoms with Crippen LogP contribution in [0, 0.1) is 0 Å². The summed E-state index contributed by atoms with van der Waals surface area (Å²) in [5, 5.41) is 0. The molecule has 2 rings (SSSR count). The van der Waals surface area contributed by atoms with Gasteiger partial charge in [-0.2, -0.15) is 4.37 Å². The van der Waals surface area contributed by atoms with Gasteiger partial charge in [0.15, 0.2) is 4.34 Å². The second-order valence-electron chi connectivity index (χ2n) is 3.61. The van der Waals surface area contributed by atoms with Crippen molar-refractivity contribution >= 4 is 29.3 Å². The summed E-state index contributed by atoms with van der Waals surface area (Å²) in [4.78, 5) is 20.2. The lowest BCUT2D eigenvalue weighted by atomic mass is 10.2. The zero-order valence-corrected chi connectivity index (χ0v) is 12.3. The van der Waals surface area contributed by atoms with E-state index in [0.29, 0.717) is 17.0 Å². The zero-order chi connectivity index (χ0) is 13.7. The van der Waals surface area contributed by atoms with E-state index in [1.54, 1.807) is 18.3 Å². The molecule has 5 nitrogen and oxygen atoms in total. The molecule has 0 saturated carbocycles. The van der Waals surface area contributed by atoms with E-state index in [9.17, 15) is 4.79 Å². The molecular weight excluding hydrogens is 282 g/mol. The first-order chi connectivity index (χ1) is 9.24. The van der Waals surface area contributed by atoms with Crippen LogP contribution in [0.2, 0.25) is 0 Å². The fourth-order valence-corrected chi connectivity index (χ4v) is 3.08. The van der Waals surface area contributed by atoms with Crippen molar-refractivity contribution in [2.24, 2.45) is 0 Å². The first kappa shape index (κ1) is 14.0. The average Bonchev–Trinajstić information content (AvgIpc) is 2.92. The third kappa shape index (κ3) is 3.51. The second kappa shape index (κ2) is 6.63. The number of hydrogen-bond acceptors (Lipinski definition) is 7. The number of aryl methyl sites for hydroxylation is 1. The molecule has 0 amide bonds. The smallest absolute Gasteiger partial charge is 0.339 e. The summed E-state index contributed by atoms with van der Waals surface area (Å²) in [6.45, 7) is 2.02. The van der Waals surface area contributed by atoms with Gasteiger partial charge in [-0.1, -0.05) is 18.7 Å². The predicted molar refractivity (Wildman–Crippen MR) is 74.4 cm³/mol. The van der Waals surface area contributed by atoms with Gasteiger partial charge in [-0.15, -0.1) is 0 Å². The molecule has 0 atom stereocenters. The third-order valence-corrected chi connectivity index (χ3v) is 4.28. The molecule has 0 spiro atoms. The van der Waals surface area contributed by atoms with Crippen LogP contribution in [-0.2, 0) is 16.9 Å². The monoisotopic (exact) mass is 295 g/mol. The van der Waals surface area contributed by atoms with Crippen molar-refractivity contribution < 1.29 is 9.53 Å². The molecule has 0 aliphatic heterocycles. The zero-order valence-electron chi connectivity index (χ0n) is 10.6. The molecule has 0 N–H and O–H groups in total. The largest absolute Gasteiger partial charge is 0.465 e. The maximum atomic E-state index is 11.6. The Hall–Kier alpha value is -1.47. The van der Waals surface area contributed by atoms with Gasteiger partial charge in [-0.05, 0) is 23.7 Å². The van der Waals surface area contributed by atoms with E-state index in [2.05, 4.69) is 14.3 Å². The number of carbonyl (C=O) groups is 1. The third-order valence-electron chi connectivity index (χ3n) is 2.39. The molecule has 0 bridgehead atoms. The number of hydrogen-bond donors (Lipinski definition) is 0. The number of ether oxygens (including phenoxy) is 1. The van der Waals surface area contributed by atoms with Crippen molar-refractivity contribution in [1.82, 2.24) is 14.3 Å². The molecule has 0 aliphatic rings. The van der Waals surface area contributed by atoms with E-state index in [1.165, 1.54) is 30.4 Å². The van der Waals surface area contributed by atoms with Crippen molar-refractivity contribution in [3.05, 3.63) is 35.4 Å². The Morgan fingerprint density at radius 3 is 3.05 bits per heavy atom. The molecule has 0 aliphatic carbocycles. The van der Waals surface area contributed by atoms with Crippen LogP contribution in [0.4, 0.5) is 0 Å². The molecule has 0 saturated heterocycles. The maximum Gasteiger partial charge on any atom is 0.339 e. The molecule has 0 fully saturated rings.